The minimum absolute atomic E-state index is 0.295. The molecule has 0 saturated heterocycles. The van der Waals surface area contributed by atoms with Crippen molar-refractivity contribution in [1.29, 1.82) is 5.26 Å². The first-order chi connectivity index (χ1) is 5.77. The van der Waals surface area contributed by atoms with Gasteiger partial charge in [-0.1, -0.05) is 0 Å². The van der Waals surface area contributed by atoms with Gasteiger partial charge in [0.15, 0.2) is 0 Å². The summed E-state index contributed by atoms with van der Waals surface area (Å²) in [4.78, 5) is 11.0. The van der Waals surface area contributed by atoms with E-state index in [0.29, 0.717) is 18.7 Å². The van der Waals surface area contributed by atoms with Gasteiger partial charge in [-0.15, -0.1) is 0 Å². The van der Waals surface area contributed by atoms with E-state index in [9.17, 15) is 4.79 Å². The predicted octanol–water partition coefficient (Wildman–Crippen LogP) is -0.209. The van der Waals surface area contributed by atoms with Crippen LogP contribution in [0.1, 0.15) is 13.3 Å². The molecule has 0 bridgehead atoms. The molecule has 5 nitrogen and oxygen atoms in total. The van der Waals surface area contributed by atoms with Crippen LogP contribution in [0, 0.1) is 11.3 Å². The predicted molar refractivity (Wildman–Crippen MR) is 41.2 cm³/mol. The zero-order valence-corrected chi connectivity index (χ0v) is 6.70. The van der Waals surface area contributed by atoms with Gasteiger partial charge in [0.25, 0.3) is 0 Å². The number of hydrogen-bond donors (Lipinski definition) is 1. The first kappa shape index (κ1) is 8.53. The van der Waals surface area contributed by atoms with Crippen molar-refractivity contribution < 1.29 is 9.53 Å². The summed E-state index contributed by atoms with van der Waals surface area (Å²) in [5.74, 6) is -0.442. The van der Waals surface area contributed by atoms with Crippen LogP contribution in [-0.2, 0) is 9.53 Å². The highest BCUT2D eigenvalue weighted by Crippen LogP contribution is 2.03. The van der Waals surface area contributed by atoms with E-state index in [-0.39, 0.29) is 6.04 Å². The molecular formula is C7H9N3O2. The third-order valence-corrected chi connectivity index (χ3v) is 1.42. The highest BCUT2D eigenvalue weighted by molar-refractivity contribution is 6.37. The normalized spacial score (nSPS) is 20.7. The number of nitrogens with one attached hydrogen (secondary N) is 1. The molecule has 1 atom stereocenters. The molecule has 5 heteroatoms. The van der Waals surface area contributed by atoms with Crippen molar-refractivity contribution in [2.45, 2.75) is 19.4 Å². The molecule has 1 N–H and O–H groups in total. The number of carbonyl (C=O) groups excluding carboxylic acids is 1. The van der Waals surface area contributed by atoms with Crippen molar-refractivity contribution in [3.05, 3.63) is 0 Å². The number of esters is 1. The maximum atomic E-state index is 11.0. The van der Waals surface area contributed by atoms with Gasteiger partial charge >= 0.3 is 5.97 Å². The summed E-state index contributed by atoms with van der Waals surface area (Å²) in [6, 6.07) is 1.57. The second kappa shape index (κ2) is 3.72. The van der Waals surface area contributed by atoms with Crippen LogP contribution in [0.2, 0.25) is 0 Å². The monoisotopic (exact) mass is 167 g/mol. The molecule has 0 aromatic carbocycles. The van der Waals surface area contributed by atoms with Crippen molar-refractivity contribution in [3.63, 3.8) is 0 Å². The lowest BCUT2D eigenvalue weighted by Crippen LogP contribution is -2.19. The van der Waals surface area contributed by atoms with Gasteiger partial charge in [0.05, 0.1) is 12.7 Å². The highest BCUT2D eigenvalue weighted by atomic mass is 16.5. The molecule has 1 aliphatic heterocycles. The summed E-state index contributed by atoms with van der Waals surface area (Å²) < 4.78 is 4.70. The fourth-order valence-electron chi connectivity index (χ4n) is 0.858. The third-order valence-electron chi connectivity index (χ3n) is 1.42. The molecule has 0 radical (unpaired) electrons. The smallest absolute Gasteiger partial charge is 0.354 e. The van der Waals surface area contributed by atoms with Crippen molar-refractivity contribution in [1.82, 2.24) is 5.43 Å². The number of ether oxygens (including phenoxy) is 1. The van der Waals surface area contributed by atoms with Gasteiger partial charge in [0.2, 0.25) is 0 Å². The average Bonchev–Trinajstić information content (AvgIpc) is 2.52. The molecule has 1 heterocycles. The standard InChI is InChI=1S/C7H9N3O2/c1-2-12-7(11)6-3-5(4-8)9-10-6/h5,9H,2-3H2,1H3. The Kier molecular flexibility index (Phi) is 2.64. The lowest BCUT2D eigenvalue weighted by atomic mass is 10.2. The summed E-state index contributed by atoms with van der Waals surface area (Å²) in [5, 5.41) is 12.1. The average molecular weight is 167 g/mol. The summed E-state index contributed by atoms with van der Waals surface area (Å²) in [7, 11) is 0. The molecule has 12 heavy (non-hydrogen) atoms. The van der Waals surface area contributed by atoms with E-state index in [1.165, 1.54) is 0 Å². The summed E-state index contributed by atoms with van der Waals surface area (Å²) in [6.07, 6.45) is 0.329. The molecule has 0 saturated carbocycles. The largest absolute Gasteiger partial charge is 0.461 e. The topological polar surface area (TPSA) is 74.5 Å². The van der Waals surface area contributed by atoms with Gasteiger partial charge in [0.1, 0.15) is 11.8 Å². The van der Waals surface area contributed by atoms with Crippen LogP contribution >= 0.6 is 0 Å². The Labute approximate surface area is 70.0 Å². The molecule has 0 fully saturated rings. The highest BCUT2D eigenvalue weighted by Gasteiger charge is 2.23. The summed E-state index contributed by atoms with van der Waals surface area (Å²) in [6.45, 7) is 2.05. The van der Waals surface area contributed by atoms with Crippen LogP contribution in [0.3, 0.4) is 0 Å². The Balaban J connectivity index is 2.47. The number of rotatable bonds is 2. The zero-order chi connectivity index (χ0) is 8.97. The van der Waals surface area contributed by atoms with Gasteiger partial charge in [-0.25, -0.2) is 4.79 Å². The second-order valence-corrected chi connectivity index (χ2v) is 2.29. The first-order valence-corrected chi connectivity index (χ1v) is 3.66. The Morgan fingerprint density at radius 3 is 3.25 bits per heavy atom. The molecule has 0 amide bonds. The molecule has 1 aliphatic rings. The number of nitrogens with zero attached hydrogens (tertiary/aromatic N) is 2. The van der Waals surface area contributed by atoms with Gasteiger partial charge in [-0.2, -0.15) is 10.4 Å². The summed E-state index contributed by atoms with van der Waals surface area (Å²) >= 11 is 0. The van der Waals surface area contributed by atoms with E-state index in [0.717, 1.165) is 0 Å². The fourth-order valence-corrected chi connectivity index (χ4v) is 0.858. The third kappa shape index (κ3) is 1.72. The van der Waals surface area contributed by atoms with E-state index < -0.39 is 5.97 Å². The Bertz CT molecular complexity index is 254. The van der Waals surface area contributed by atoms with E-state index in [1.54, 1.807) is 6.92 Å². The van der Waals surface area contributed by atoms with E-state index in [1.807, 2.05) is 6.07 Å². The van der Waals surface area contributed by atoms with Crippen LogP contribution < -0.4 is 5.43 Å². The lowest BCUT2D eigenvalue weighted by Gasteiger charge is -1.98. The van der Waals surface area contributed by atoms with Crippen molar-refractivity contribution >= 4 is 11.7 Å². The van der Waals surface area contributed by atoms with Crippen LogP contribution in [-0.4, -0.2) is 24.3 Å². The molecule has 1 rings (SSSR count). The zero-order valence-electron chi connectivity index (χ0n) is 6.70. The van der Waals surface area contributed by atoms with Gasteiger partial charge in [-0.3, -0.25) is 5.43 Å². The van der Waals surface area contributed by atoms with Crippen molar-refractivity contribution in [2.24, 2.45) is 5.10 Å². The van der Waals surface area contributed by atoms with Gasteiger partial charge in [-0.05, 0) is 6.92 Å². The van der Waals surface area contributed by atoms with Crippen LogP contribution in [0.25, 0.3) is 0 Å². The number of hydrogen-bond acceptors (Lipinski definition) is 5. The first-order valence-electron chi connectivity index (χ1n) is 3.66. The number of nitriles is 1. The molecule has 0 aliphatic carbocycles. The van der Waals surface area contributed by atoms with E-state index in [4.69, 9.17) is 10.00 Å². The minimum atomic E-state index is -0.442. The molecule has 1 unspecified atom stereocenters. The summed E-state index contributed by atoms with van der Waals surface area (Å²) in [5.41, 5.74) is 2.82. The Morgan fingerprint density at radius 1 is 2.00 bits per heavy atom. The Hall–Kier alpha value is -1.57. The molecule has 64 valence electrons. The van der Waals surface area contributed by atoms with E-state index >= 15 is 0 Å². The van der Waals surface area contributed by atoms with Crippen LogP contribution in [0.4, 0.5) is 0 Å². The number of hydrazone groups is 1. The van der Waals surface area contributed by atoms with Crippen LogP contribution in [0.5, 0.6) is 0 Å². The number of carbonyl (C=O) groups is 1. The van der Waals surface area contributed by atoms with Gasteiger partial charge in [0, 0.05) is 6.42 Å². The van der Waals surface area contributed by atoms with Crippen LogP contribution in [0.15, 0.2) is 5.10 Å². The second-order valence-electron chi connectivity index (χ2n) is 2.29. The molecular weight excluding hydrogens is 158 g/mol. The fraction of sp³-hybridized carbons (Fsp3) is 0.571. The van der Waals surface area contributed by atoms with Gasteiger partial charge < -0.3 is 4.74 Å². The van der Waals surface area contributed by atoms with E-state index in [2.05, 4.69) is 10.5 Å². The lowest BCUT2D eigenvalue weighted by molar-refractivity contribution is -0.135. The van der Waals surface area contributed by atoms with Crippen molar-refractivity contribution in [3.8, 4) is 6.07 Å². The molecule has 0 spiro atoms. The van der Waals surface area contributed by atoms with Crippen molar-refractivity contribution in [2.75, 3.05) is 6.61 Å². The minimum Gasteiger partial charge on any atom is -0.461 e. The molecule has 0 aromatic rings. The SMILES string of the molecule is CCOC(=O)C1=NNC(C#N)C1. The maximum absolute atomic E-state index is 11.0. The maximum Gasteiger partial charge on any atom is 0.354 e. The quantitative estimate of drug-likeness (QED) is 0.577. The molecule has 0 aromatic heterocycles. The Morgan fingerprint density at radius 2 is 2.75 bits per heavy atom.